The largest absolute Gasteiger partial charge is 0.426 e. The molecular formula is C18H14N4O2. The molecule has 0 saturated heterocycles. The molecule has 0 spiro atoms. The average molecular weight is 318 g/mol. The summed E-state index contributed by atoms with van der Waals surface area (Å²) < 4.78 is 5.66. The first-order valence-electron chi connectivity index (χ1n) is 7.56. The molecule has 1 aliphatic rings. The van der Waals surface area contributed by atoms with Crippen molar-refractivity contribution < 1.29 is 4.74 Å². The van der Waals surface area contributed by atoms with E-state index in [0.717, 1.165) is 11.1 Å². The topological polar surface area (TPSA) is 80.2 Å². The number of H-pyrrole nitrogens is 1. The number of hydrogen-bond donors (Lipinski definition) is 1. The summed E-state index contributed by atoms with van der Waals surface area (Å²) in [5, 5.41) is 0.481. The molecule has 24 heavy (non-hydrogen) atoms. The highest BCUT2D eigenvalue weighted by Crippen LogP contribution is 2.23. The second-order valence-electron chi connectivity index (χ2n) is 5.53. The van der Waals surface area contributed by atoms with Crippen LogP contribution in [0.1, 0.15) is 12.5 Å². The van der Waals surface area contributed by atoms with Crippen molar-refractivity contribution in [3.05, 3.63) is 64.7 Å². The van der Waals surface area contributed by atoms with E-state index in [1.54, 1.807) is 12.3 Å². The number of benzene rings is 1. The molecule has 4 rings (SSSR count). The number of rotatable bonds is 3. The van der Waals surface area contributed by atoms with E-state index in [1.807, 2.05) is 37.4 Å². The van der Waals surface area contributed by atoms with Crippen LogP contribution in [-0.2, 0) is 0 Å². The standard InChI is InChI=1S/C18H14N4O2/c1-11-8-13(9-20-11)12-2-4-14(5-3-12)24-18-21-16-10-19-7-6-15(16)17(23)22-18/h2-11H,1H3,(H,21,22,23). The third-order valence-electron chi connectivity index (χ3n) is 3.76. The summed E-state index contributed by atoms with van der Waals surface area (Å²) in [5.41, 5.74) is 2.40. The van der Waals surface area contributed by atoms with Crippen molar-refractivity contribution >= 4 is 22.7 Å². The van der Waals surface area contributed by atoms with Crippen LogP contribution in [0.3, 0.4) is 0 Å². The van der Waals surface area contributed by atoms with Crippen molar-refractivity contribution in [1.82, 2.24) is 15.0 Å². The minimum absolute atomic E-state index is 0.142. The van der Waals surface area contributed by atoms with Crippen LogP contribution in [0.15, 0.2) is 58.6 Å². The number of pyridine rings is 1. The lowest BCUT2D eigenvalue weighted by Crippen LogP contribution is -2.09. The zero-order valence-electron chi connectivity index (χ0n) is 12.9. The van der Waals surface area contributed by atoms with Crippen LogP contribution in [0.2, 0.25) is 0 Å². The van der Waals surface area contributed by atoms with Crippen LogP contribution >= 0.6 is 0 Å². The lowest BCUT2D eigenvalue weighted by Gasteiger charge is -2.06. The van der Waals surface area contributed by atoms with Crippen LogP contribution in [0.4, 0.5) is 0 Å². The highest BCUT2D eigenvalue weighted by Gasteiger charge is 2.09. The molecule has 6 nitrogen and oxygen atoms in total. The molecule has 0 radical (unpaired) electrons. The minimum Gasteiger partial charge on any atom is -0.426 e. The average Bonchev–Trinajstić information content (AvgIpc) is 3.02. The summed E-state index contributed by atoms with van der Waals surface area (Å²) >= 11 is 0. The molecular weight excluding hydrogens is 304 g/mol. The van der Waals surface area contributed by atoms with Gasteiger partial charge in [-0.15, -0.1) is 0 Å². The third-order valence-corrected chi connectivity index (χ3v) is 3.76. The van der Waals surface area contributed by atoms with Crippen molar-refractivity contribution in [1.29, 1.82) is 0 Å². The molecule has 1 aliphatic heterocycles. The maximum absolute atomic E-state index is 12.0. The molecule has 1 atom stereocenters. The van der Waals surface area contributed by atoms with Crippen LogP contribution in [-0.4, -0.2) is 27.2 Å². The van der Waals surface area contributed by atoms with E-state index >= 15 is 0 Å². The molecule has 118 valence electrons. The Morgan fingerprint density at radius 3 is 2.75 bits per heavy atom. The highest BCUT2D eigenvalue weighted by molar-refractivity contribution is 6.11. The predicted octanol–water partition coefficient (Wildman–Crippen LogP) is 2.97. The SMILES string of the molecule is CC1C=C(c2ccc(Oc3nc4cnccc4c(=O)[nH]3)cc2)C=N1. The highest BCUT2D eigenvalue weighted by atomic mass is 16.5. The van der Waals surface area contributed by atoms with Crippen LogP contribution in [0.5, 0.6) is 11.8 Å². The summed E-state index contributed by atoms with van der Waals surface area (Å²) in [5.74, 6) is 0.591. The molecule has 2 aromatic heterocycles. The summed E-state index contributed by atoms with van der Waals surface area (Å²) in [6.07, 6.45) is 7.06. The van der Waals surface area contributed by atoms with E-state index in [1.165, 1.54) is 6.20 Å². The van der Waals surface area contributed by atoms with Gasteiger partial charge in [0.2, 0.25) is 0 Å². The first kappa shape index (κ1) is 14.3. The van der Waals surface area contributed by atoms with Gasteiger partial charge in [0.15, 0.2) is 0 Å². The van der Waals surface area contributed by atoms with E-state index in [4.69, 9.17) is 4.74 Å². The van der Waals surface area contributed by atoms with Crippen LogP contribution in [0.25, 0.3) is 16.5 Å². The molecule has 1 unspecified atom stereocenters. The van der Waals surface area contributed by atoms with Crippen molar-refractivity contribution in [3.63, 3.8) is 0 Å². The van der Waals surface area contributed by atoms with Crippen LogP contribution in [0, 0.1) is 0 Å². The molecule has 0 amide bonds. The quantitative estimate of drug-likeness (QED) is 0.805. The van der Waals surface area contributed by atoms with Gasteiger partial charge in [-0.3, -0.25) is 19.8 Å². The minimum atomic E-state index is -0.254. The number of allylic oxidation sites excluding steroid dienone is 1. The Bertz CT molecular complexity index is 1020. The fourth-order valence-corrected chi connectivity index (χ4v) is 2.56. The van der Waals surface area contributed by atoms with Crippen LogP contribution < -0.4 is 10.3 Å². The molecule has 1 N–H and O–H groups in total. The maximum atomic E-state index is 12.0. The molecule has 0 aliphatic carbocycles. The monoisotopic (exact) mass is 318 g/mol. The number of nitrogens with one attached hydrogen (secondary N) is 1. The maximum Gasteiger partial charge on any atom is 0.302 e. The summed E-state index contributed by atoms with van der Waals surface area (Å²) in [7, 11) is 0. The molecule has 0 fully saturated rings. The molecule has 3 aromatic rings. The van der Waals surface area contributed by atoms with Gasteiger partial charge < -0.3 is 4.74 Å². The normalized spacial score (nSPS) is 16.4. The second-order valence-corrected chi connectivity index (χ2v) is 5.53. The number of hydrogen-bond acceptors (Lipinski definition) is 5. The van der Waals surface area contributed by atoms with Crippen molar-refractivity contribution in [2.24, 2.45) is 4.99 Å². The number of ether oxygens (including phenoxy) is 1. The van der Waals surface area contributed by atoms with Gasteiger partial charge in [0.25, 0.3) is 5.56 Å². The number of aromatic nitrogens is 3. The second kappa shape index (κ2) is 5.73. The van der Waals surface area contributed by atoms with Gasteiger partial charge in [-0.05, 0) is 36.3 Å². The Balaban J connectivity index is 1.61. The molecule has 6 heteroatoms. The zero-order chi connectivity index (χ0) is 16.5. The van der Waals surface area contributed by atoms with Gasteiger partial charge in [-0.25, -0.2) is 0 Å². The van der Waals surface area contributed by atoms with Crippen molar-refractivity contribution in [2.45, 2.75) is 13.0 Å². The van der Waals surface area contributed by atoms with E-state index in [9.17, 15) is 4.79 Å². The zero-order valence-corrected chi connectivity index (χ0v) is 12.9. The Hall–Kier alpha value is -3.28. The Kier molecular flexibility index (Phi) is 3.42. The third kappa shape index (κ3) is 2.69. The fraction of sp³-hybridized carbons (Fsp3) is 0.111. The van der Waals surface area contributed by atoms with E-state index in [-0.39, 0.29) is 17.6 Å². The molecule has 0 saturated carbocycles. The number of nitrogens with zero attached hydrogens (tertiary/aromatic N) is 3. The Morgan fingerprint density at radius 1 is 1.17 bits per heavy atom. The van der Waals surface area contributed by atoms with Crippen molar-refractivity contribution in [2.75, 3.05) is 0 Å². The lowest BCUT2D eigenvalue weighted by atomic mass is 10.1. The molecule has 3 heterocycles. The lowest BCUT2D eigenvalue weighted by molar-refractivity contribution is 0.442. The number of aliphatic imine (C=N–C) groups is 1. The Morgan fingerprint density at radius 2 is 2.00 bits per heavy atom. The fourth-order valence-electron chi connectivity index (χ4n) is 2.56. The summed E-state index contributed by atoms with van der Waals surface area (Å²) in [6, 6.07) is 9.55. The summed E-state index contributed by atoms with van der Waals surface area (Å²) in [4.78, 5) is 27.2. The van der Waals surface area contributed by atoms with Gasteiger partial charge in [0.1, 0.15) is 5.75 Å². The smallest absolute Gasteiger partial charge is 0.302 e. The predicted molar refractivity (Wildman–Crippen MR) is 92.6 cm³/mol. The molecule has 0 bridgehead atoms. The van der Waals surface area contributed by atoms with Gasteiger partial charge in [0, 0.05) is 12.4 Å². The number of fused-ring (bicyclic) bond motifs is 1. The van der Waals surface area contributed by atoms with E-state index in [0.29, 0.717) is 16.7 Å². The first-order chi connectivity index (χ1) is 11.7. The molecule has 1 aromatic carbocycles. The van der Waals surface area contributed by atoms with Gasteiger partial charge in [-0.2, -0.15) is 4.98 Å². The van der Waals surface area contributed by atoms with Crippen molar-refractivity contribution in [3.8, 4) is 11.8 Å². The van der Waals surface area contributed by atoms with Gasteiger partial charge in [0.05, 0.1) is 23.1 Å². The Labute approximate surface area is 137 Å². The summed E-state index contributed by atoms with van der Waals surface area (Å²) in [6.45, 7) is 2.04. The van der Waals surface area contributed by atoms with E-state index in [2.05, 4.69) is 26.0 Å². The van der Waals surface area contributed by atoms with Gasteiger partial charge >= 0.3 is 6.01 Å². The van der Waals surface area contributed by atoms with Gasteiger partial charge in [-0.1, -0.05) is 18.2 Å². The van der Waals surface area contributed by atoms with E-state index < -0.39 is 0 Å². The first-order valence-corrected chi connectivity index (χ1v) is 7.56. The number of aromatic amines is 1.